The number of benzene rings is 2. The number of hydrogen-bond acceptors (Lipinski definition) is 3. The SMILES string of the molecule is FC(F)(F)c1cc(-c2ccc(Cl)cc2)[nH+]c(NN=Cc2ccc(Cl)cc2Cl)n1. The van der Waals surface area contributed by atoms with Gasteiger partial charge >= 0.3 is 12.1 Å². The molecule has 0 atom stereocenters. The molecule has 0 unspecified atom stereocenters. The van der Waals surface area contributed by atoms with Crippen molar-refractivity contribution < 1.29 is 18.2 Å². The Labute approximate surface area is 173 Å². The molecule has 0 saturated heterocycles. The van der Waals surface area contributed by atoms with E-state index in [1.807, 2.05) is 0 Å². The van der Waals surface area contributed by atoms with Crippen LogP contribution in [0.4, 0.5) is 19.1 Å². The third-order valence-electron chi connectivity index (χ3n) is 3.55. The number of halogens is 6. The summed E-state index contributed by atoms with van der Waals surface area (Å²) in [5.41, 5.74) is 2.61. The standard InChI is InChI=1S/C18H10Cl3F3N4/c19-12-4-1-10(2-5-12)15-8-16(18(22,23)24)27-17(26-15)28-25-9-11-3-6-13(20)7-14(11)21/h1-9H,(H,26,27,28)/p+1. The van der Waals surface area contributed by atoms with Crippen molar-refractivity contribution in [2.24, 2.45) is 5.10 Å². The number of hydrogen-bond donors (Lipinski definition) is 1. The number of hydrazone groups is 1. The van der Waals surface area contributed by atoms with Gasteiger partial charge in [0, 0.05) is 27.2 Å². The van der Waals surface area contributed by atoms with E-state index in [0.717, 1.165) is 6.07 Å². The van der Waals surface area contributed by atoms with Crippen LogP contribution >= 0.6 is 34.8 Å². The summed E-state index contributed by atoms with van der Waals surface area (Å²) >= 11 is 17.7. The maximum absolute atomic E-state index is 13.2. The van der Waals surface area contributed by atoms with Gasteiger partial charge in [-0.25, -0.2) is 4.98 Å². The maximum atomic E-state index is 13.2. The monoisotopic (exact) mass is 445 g/mol. The highest BCUT2D eigenvalue weighted by atomic mass is 35.5. The normalized spacial score (nSPS) is 11.8. The number of alkyl halides is 3. The molecule has 0 spiro atoms. The molecular weight excluding hydrogens is 436 g/mol. The Morgan fingerprint density at radius 1 is 0.964 bits per heavy atom. The summed E-state index contributed by atoms with van der Waals surface area (Å²) in [6.45, 7) is 0. The second-order valence-corrected chi connectivity index (χ2v) is 6.85. The molecule has 4 nitrogen and oxygen atoms in total. The van der Waals surface area contributed by atoms with Crippen molar-refractivity contribution in [3.63, 3.8) is 0 Å². The summed E-state index contributed by atoms with van der Waals surface area (Å²) in [6, 6.07) is 12.0. The lowest BCUT2D eigenvalue weighted by Gasteiger charge is -2.06. The lowest BCUT2D eigenvalue weighted by molar-refractivity contribution is -0.353. The Bertz CT molecular complexity index is 1020. The molecule has 2 N–H and O–H groups in total. The lowest BCUT2D eigenvalue weighted by Crippen LogP contribution is -2.20. The molecule has 0 amide bonds. The van der Waals surface area contributed by atoms with Crippen molar-refractivity contribution in [3.05, 3.63) is 74.9 Å². The van der Waals surface area contributed by atoms with Gasteiger partial charge in [-0.05, 0) is 36.4 Å². The van der Waals surface area contributed by atoms with Crippen LogP contribution in [0.1, 0.15) is 11.3 Å². The molecule has 0 fully saturated rings. The van der Waals surface area contributed by atoms with Gasteiger partial charge in [-0.2, -0.15) is 18.6 Å². The minimum atomic E-state index is -4.63. The van der Waals surface area contributed by atoms with Crippen LogP contribution in [0.5, 0.6) is 0 Å². The van der Waals surface area contributed by atoms with Crippen molar-refractivity contribution in [1.29, 1.82) is 0 Å². The number of H-pyrrole nitrogens is 1. The quantitative estimate of drug-likeness (QED) is 0.395. The first-order chi connectivity index (χ1) is 13.2. The number of nitrogens with zero attached hydrogens (tertiary/aromatic N) is 2. The van der Waals surface area contributed by atoms with Gasteiger partial charge in [-0.1, -0.05) is 45.9 Å². The number of aromatic amines is 1. The molecule has 144 valence electrons. The van der Waals surface area contributed by atoms with E-state index in [1.165, 1.54) is 12.3 Å². The van der Waals surface area contributed by atoms with Gasteiger partial charge in [0.05, 0.1) is 11.2 Å². The van der Waals surface area contributed by atoms with Crippen LogP contribution in [-0.4, -0.2) is 11.2 Å². The van der Waals surface area contributed by atoms with Crippen molar-refractivity contribution in [1.82, 2.24) is 4.98 Å². The molecule has 0 radical (unpaired) electrons. The van der Waals surface area contributed by atoms with Crippen LogP contribution < -0.4 is 10.4 Å². The zero-order valence-electron chi connectivity index (χ0n) is 13.9. The largest absolute Gasteiger partial charge is 0.449 e. The van der Waals surface area contributed by atoms with Crippen LogP contribution in [-0.2, 0) is 6.18 Å². The summed E-state index contributed by atoms with van der Waals surface area (Å²) in [4.78, 5) is 6.30. The molecule has 0 bridgehead atoms. The van der Waals surface area contributed by atoms with E-state index in [2.05, 4.69) is 20.5 Å². The van der Waals surface area contributed by atoms with E-state index in [9.17, 15) is 13.2 Å². The fourth-order valence-corrected chi connectivity index (χ4v) is 2.82. The highest BCUT2D eigenvalue weighted by Gasteiger charge is 2.37. The zero-order valence-corrected chi connectivity index (χ0v) is 16.1. The minimum absolute atomic E-state index is 0.193. The molecule has 2 aromatic carbocycles. The molecule has 3 rings (SSSR count). The van der Waals surface area contributed by atoms with Gasteiger partial charge in [-0.3, -0.25) is 0 Å². The summed E-state index contributed by atoms with van der Waals surface area (Å²) in [6.07, 6.45) is -3.29. The summed E-state index contributed by atoms with van der Waals surface area (Å²) in [7, 11) is 0. The number of aromatic nitrogens is 2. The second kappa shape index (κ2) is 8.34. The smallest absolute Gasteiger partial charge is 0.240 e. The van der Waals surface area contributed by atoms with Crippen molar-refractivity contribution in [2.75, 3.05) is 5.43 Å². The highest BCUT2D eigenvalue weighted by Crippen LogP contribution is 2.30. The van der Waals surface area contributed by atoms with E-state index in [0.29, 0.717) is 26.2 Å². The maximum Gasteiger partial charge on any atom is 0.449 e. The van der Waals surface area contributed by atoms with Crippen LogP contribution in [0.25, 0.3) is 11.3 Å². The molecule has 0 aliphatic carbocycles. The Hall–Kier alpha value is -2.35. The summed E-state index contributed by atoms with van der Waals surface area (Å²) in [5.74, 6) is -0.193. The van der Waals surface area contributed by atoms with Gasteiger partial charge in [0.2, 0.25) is 5.69 Å². The van der Waals surface area contributed by atoms with Crippen molar-refractivity contribution in [3.8, 4) is 11.3 Å². The van der Waals surface area contributed by atoms with Gasteiger partial charge in [0.1, 0.15) is 5.69 Å². The average molecular weight is 447 g/mol. The Kier molecular flexibility index (Phi) is 6.07. The van der Waals surface area contributed by atoms with Crippen molar-refractivity contribution >= 4 is 47.0 Å². The Balaban J connectivity index is 1.92. The third kappa shape index (κ3) is 5.13. The first-order valence-corrected chi connectivity index (χ1v) is 8.87. The van der Waals surface area contributed by atoms with Gasteiger partial charge in [-0.15, -0.1) is 5.10 Å². The first-order valence-electron chi connectivity index (χ1n) is 7.74. The van der Waals surface area contributed by atoms with Crippen LogP contribution in [0.2, 0.25) is 15.1 Å². The molecule has 0 aliphatic heterocycles. The van der Waals surface area contributed by atoms with Crippen LogP contribution in [0, 0.1) is 0 Å². The molecular formula is C18H11Cl3F3N4+. The molecule has 1 aromatic heterocycles. The predicted molar refractivity (Wildman–Crippen MR) is 104 cm³/mol. The second-order valence-electron chi connectivity index (χ2n) is 5.57. The molecule has 10 heteroatoms. The van der Waals surface area contributed by atoms with E-state index >= 15 is 0 Å². The number of rotatable bonds is 4. The molecule has 0 aliphatic rings. The minimum Gasteiger partial charge on any atom is -0.240 e. The van der Waals surface area contributed by atoms with Crippen LogP contribution in [0.15, 0.2) is 53.6 Å². The van der Waals surface area contributed by atoms with Gasteiger partial charge in [0.25, 0.3) is 0 Å². The third-order valence-corrected chi connectivity index (χ3v) is 4.36. The molecule has 0 saturated carbocycles. The Morgan fingerprint density at radius 3 is 2.29 bits per heavy atom. The molecule has 28 heavy (non-hydrogen) atoms. The topological polar surface area (TPSA) is 51.4 Å². The fraction of sp³-hybridized carbons (Fsp3) is 0.0556. The van der Waals surface area contributed by atoms with Crippen molar-refractivity contribution in [2.45, 2.75) is 6.18 Å². The number of nitrogens with one attached hydrogen (secondary N) is 2. The average Bonchev–Trinajstić information content (AvgIpc) is 2.63. The van der Waals surface area contributed by atoms with E-state index < -0.39 is 11.9 Å². The number of anilines is 1. The highest BCUT2D eigenvalue weighted by molar-refractivity contribution is 6.36. The van der Waals surface area contributed by atoms with Crippen LogP contribution in [0.3, 0.4) is 0 Å². The van der Waals surface area contributed by atoms with E-state index in [-0.39, 0.29) is 11.6 Å². The van der Waals surface area contributed by atoms with Gasteiger partial charge < -0.3 is 0 Å². The fourth-order valence-electron chi connectivity index (χ4n) is 2.23. The van der Waals surface area contributed by atoms with E-state index in [4.69, 9.17) is 34.8 Å². The first kappa shape index (κ1) is 20.4. The van der Waals surface area contributed by atoms with Gasteiger partial charge in [0.15, 0.2) is 0 Å². The summed E-state index contributed by atoms with van der Waals surface area (Å²) in [5, 5.41) is 5.16. The predicted octanol–water partition coefficient (Wildman–Crippen LogP) is 5.99. The molecule has 1 heterocycles. The Morgan fingerprint density at radius 2 is 1.64 bits per heavy atom. The zero-order chi connectivity index (χ0) is 20.3. The molecule has 3 aromatic rings. The lowest BCUT2D eigenvalue weighted by atomic mass is 10.1. The van der Waals surface area contributed by atoms with E-state index in [1.54, 1.807) is 36.4 Å². The summed E-state index contributed by atoms with van der Waals surface area (Å²) < 4.78 is 39.6.